The van der Waals surface area contributed by atoms with E-state index in [2.05, 4.69) is 5.32 Å². The first kappa shape index (κ1) is 26.0. The SMILES string of the molecule is CCCCNC(=O)[C@H](CC)N(Cc1ccc(Cl)cc1Cl)C(=O)CN1C(=O)c2cccc3cccc1c23. The molecule has 6 nitrogen and oxygen atoms in total. The van der Waals surface area contributed by atoms with Gasteiger partial charge in [-0.1, -0.05) is 73.8 Å². The number of rotatable bonds is 10. The number of hydrogen-bond donors (Lipinski definition) is 1. The number of amides is 3. The molecule has 8 heteroatoms. The lowest BCUT2D eigenvalue weighted by Gasteiger charge is -2.32. The second kappa shape index (κ2) is 11.3. The monoisotopic (exact) mass is 525 g/mol. The van der Waals surface area contributed by atoms with Crippen molar-refractivity contribution in [2.75, 3.05) is 18.0 Å². The Morgan fingerprint density at radius 2 is 1.81 bits per heavy atom. The highest BCUT2D eigenvalue weighted by molar-refractivity contribution is 6.35. The summed E-state index contributed by atoms with van der Waals surface area (Å²) >= 11 is 12.5. The van der Waals surface area contributed by atoms with Gasteiger partial charge in [0, 0.05) is 34.1 Å². The summed E-state index contributed by atoms with van der Waals surface area (Å²) in [6, 6.07) is 15.6. The van der Waals surface area contributed by atoms with Crippen molar-refractivity contribution >= 4 is 57.4 Å². The van der Waals surface area contributed by atoms with Crippen LogP contribution in [0.1, 0.15) is 49.0 Å². The van der Waals surface area contributed by atoms with Crippen LogP contribution in [0.15, 0.2) is 54.6 Å². The van der Waals surface area contributed by atoms with E-state index in [1.165, 1.54) is 9.80 Å². The summed E-state index contributed by atoms with van der Waals surface area (Å²) in [5, 5.41) is 5.63. The Balaban J connectivity index is 1.64. The number of unbranched alkanes of at least 4 members (excludes halogenated alkanes) is 1. The van der Waals surface area contributed by atoms with Gasteiger partial charge in [-0.2, -0.15) is 0 Å². The number of halogens is 2. The second-order valence-corrected chi connectivity index (χ2v) is 9.74. The first-order valence-corrected chi connectivity index (χ1v) is 13.0. The van der Waals surface area contributed by atoms with Crippen LogP contribution in [-0.4, -0.2) is 41.8 Å². The lowest BCUT2D eigenvalue weighted by molar-refractivity contribution is -0.140. The van der Waals surface area contributed by atoms with Gasteiger partial charge in [0.2, 0.25) is 11.8 Å². The Hall–Kier alpha value is -3.09. The van der Waals surface area contributed by atoms with E-state index in [1.807, 2.05) is 44.2 Å². The molecule has 1 aliphatic heterocycles. The van der Waals surface area contributed by atoms with Crippen molar-refractivity contribution in [3.8, 4) is 0 Å². The van der Waals surface area contributed by atoms with E-state index < -0.39 is 6.04 Å². The Labute approximate surface area is 221 Å². The highest BCUT2D eigenvalue weighted by atomic mass is 35.5. The third kappa shape index (κ3) is 5.20. The number of benzene rings is 3. The summed E-state index contributed by atoms with van der Waals surface area (Å²) in [5.41, 5.74) is 1.95. The lowest BCUT2D eigenvalue weighted by atomic mass is 10.1. The van der Waals surface area contributed by atoms with Crippen LogP contribution < -0.4 is 10.2 Å². The van der Waals surface area contributed by atoms with Crippen molar-refractivity contribution in [3.63, 3.8) is 0 Å². The number of nitrogens with one attached hydrogen (secondary N) is 1. The standard InChI is InChI=1S/C28H29Cl2N3O3/c1-3-5-14-31-27(35)23(4-2)32(16-19-12-13-20(29)15-22(19)30)25(34)17-33-24-11-7-9-18-8-6-10-21(26(18)24)28(33)36/h6-13,15,23H,3-5,14,16-17H2,1-2H3,(H,31,35)/t23-/m0/s1. The molecule has 188 valence electrons. The lowest BCUT2D eigenvalue weighted by Crippen LogP contribution is -2.52. The van der Waals surface area contributed by atoms with E-state index in [9.17, 15) is 14.4 Å². The van der Waals surface area contributed by atoms with Crippen LogP contribution in [0, 0.1) is 0 Å². The van der Waals surface area contributed by atoms with Crippen LogP contribution in [0.3, 0.4) is 0 Å². The zero-order valence-electron chi connectivity index (χ0n) is 20.4. The molecule has 1 N–H and O–H groups in total. The molecule has 1 aliphatic rings. The van der Waals surface area contributed by atoms with Crippen molar-refractivity contribution in [2.24, 2.45) is 0 Å². The molecule has 0 spiro atoms. The molecule has 3 amide bonds. The van der Waals surface area contributed by atoms with Crippen LogP contribution >= 0.6 is 23.2 Å². The minimum atomic E-state index is -0.711. The van der Waals surface area contributed by atoms with E-state index in [-0.39, 0.29) is 30.8 Å². The van der Waals surface area contributed by atoms with Gasteiger partial charge in [-0.05, 0) is 48.1 Å². The van der Waals surface area contributed by atoms with Crippen molar-refractivity contribution in [3.05, 3.63) is 75.8 Å². The molecule has 4 rings (SSSR count). The smallest absolute Gasteiger partial charge is 0.259 e. The predicted octanol–water partition coefficient (Wildman–Crippen LogP) is 5.83. The molecule has 0 fully saturated rings. The molecule has 1 atom stereocenters. The molecule has 0 aromatic heterocycles. The maximum Gasteiger partial charge on any atom is 0.259 e. The molecule has 0 bridgehead atoms. The fourth-order valence-electron chi connectivity index (χ4n) is 4.62. The number of carbonyl (C=O) groups excluding carboxylic acids is 3. The Morgan fingerprint density at radius 3 is 2.50 bits per heavy atom. The zero-order chi connectivity index (χ0) is 25.8. The molecule has 3 aromatic rings. The van der Waals surface area contributed by atoms with Gasteiger partial charge in [-0.25, -0.2) is 0 Å². The van der Waals surface area contributed by atoms with Crippen molar-refractivity contribution in [1.29, 1.82) is 0 Å². The van der Waals surface area contributed by atoms with E-state index in [0.717, 1.165) is 23.6 Å². The highest BCUT2D eigenvalue weighted by Gasteiger charge is 2.35. The van der Waals surface area contributed by atoms with Gasteiger partial charge in [0.1, 0.15) is 12.6 Å². The second-order valence-electron chi connectivity index (χ2n) is 8.90. The first-order chi connectivity index (χ1) is 17.3. The highest BCUT2D eigenvalue weighted by Crippen LogP contribution is 2.37. The summed E-state index contributed by atoms with van der Waals surface area (Å²) < 4.78 is 0. The van der Waals surface area contributed by atoms with Gasteiger partial charge >= 0.3 is 0 Å². The average Bonchev–Trinajstić information content (AvgIpc) is 3.13. The largest absolute Gasteiger partial charge is 0.354 e. The van der Waals surface area contributed by atoms with Crippen LogP contribution in [0.5, 0.6) is 0 Å². The molecule has 0 unspecified atom stereocenters. The van der Waals surface area contributed by atoms with Crippen LogP contribution in [-0.2, 0) is 16.1 Å². The van der Waals surface area contributed by atoms with Crippen molar-refractivity contribution in [2.45, 2.75) is 45.7 Å². The summed E-state index contributed by atoms with van der Waals surface area (Å²) in [4.78, 5) is 43.2. The average molecular weight is 526 g/mol. The zero-order valence-corrected chi connectivity index (χ0v) is 21.9. The van der Waals surface area contributed by atoms with E-state index in [1.54, 1.807) is 24.3 Å². The van der Waals surface area contributed by atoms with Gasteiger partial charge in [-0.3, -0.25) is 19.3 Å². The summed E-state index contributed by atoms with van der Waals surface area (Å²) in [6.45, 7) is 4.39. The number of anilines is 1. The maximum absolute atomic E-state index is 13.8. The molecule has 1 heterocycles. The van der Waals surface area contributed by atoms with Crippen LogP contribution in [0.2, 0.25) is 10.0 Å². The summed E-state index contributed by atoms with van der Waals surface area (Å²) in [7, 11) is 0. The molecule has 3 aromatic carbocycles. The number of hydrogen-bond acceptors (Lipinski definition) is 3. The molecular weight excluding hydrogens is 497 g/mol. The molecule has 0 saturated heterocycles. The van der Waals surface area contributed by atoms with Gasteiger partial charge in [-0.15, -0.1) is 0 Å². The summed E-state index contributed by atoms with van der Waals surface area (Å²) in [5.74, 6) is -0.778. The van der Waals surface area contributed by atoms with Gasteiger partial charge < -0.3 is 10.2 Å². The molecule has 0 radical (unpaired) electrons. The van der Waals surface area contributed by atoms with Gasteiger partial charge in [0.25, 0.3) is 5.91 Å². The van der Waals surface area contributed by atoms with Gasteiger partial charge in [0.15, 0.2) is 0 Å². The molecule has 0 aliphatic carbocycles. The molecular formula is C28H29Cl2N3O3. The molecule has 36 heavy (non-hydrogen) atoms. The minimum Gasteiger partial charge on any atom is -0.354 e. The minimum absolute atomic E-state index is 0.119. The van der Waals surface area contributed by atoms with E-state index >= 15 is 0 Å². The third-order valence-corrected chi connectivity index (χ3v) is 7.10. The maximum atomic E-state index is 13.8. The molecule has 0 saturated carbocycles. The van der Waals surface area contributed by atoms with Crippen LogP contribution in [0.4, 0.5) is 5.69 Å². The van der Waals surface area contributed by atoms with E-state index in [0.29, 0.717) is 39.8 Å². The van der Waals surface area contributed by atoms with E-state index in [4.69, 9.17) is 23.2 Å². The number of carbonyl (C=O) groups is 3. The topological polar surface area (TPSA) is 69.7 Å². The van der Waals surface area contributed by atoms with Crippen molar-refractivity contribution in [1.82, 2.24) is 10.2 Å². The predicted molar refractivity (Wildman–Crippen MR) is 145 cm³/mol. The third-order valence-electron chi connectivity index (χ3n) is 6.51. The summed E-state index contributed by atoms with van der Waals surface area (Å²) in [6.07, 6.45) is 2.21. The fraction of sp³-hybridized carbons (Fsp3) is 0.321. The van der Waals surface area contributed by atoms with Gasteiger partial charge in [0.05, 0.1) is 5.69 Å². The fourth-order valence-corrected chi connectivity index (χ4v) is 5.09. The quantitative estimate of drug-likeness (QED) is 0.338. The first-order valence-electron chi connectivity index (χ1n) is 12.2. The Kier molecular flexibility index (Phi) is 8.17. The van der Waals surface area contributed by atoms with Crippen molar-refractivity contribution < 1.29 is 14.4 Å². The van der Waals surface area contributed by atoms with Crippen LogP contribution in [0.25, 0.3) is 10.8 Å². The normalized spacial score (nSPS) is 13.2. The Morgan fingerprint density at radius 1 is 1.06 bits per heavy atom. The number of nitrogens with zero attached hydrogens (tertiary/aromatic N) is 2. The Bertz CT molecular complexity index is 1310.